The summed E-state index contributed by atoms with van der Waals surface area (Å²) in [7, 11) is 0. The van der Waals surface area contributed by atoms with Crippen molar-refractivity contribution in [2.45, 2.75) is 33.2 Å². The van der Waals surface area contributed by atoms with E-state index in [2.05, 4.69) is 18.5 Å². The number of carboxylic acids is 1. The summed E-state index contributed by atoms with van der Waals surface area (Å²) in [6.45, 7) is 14.5. The highest BCUT2D eigenvalue weighted by molar-refractivity contribution is 5.79. The molecule has 0 atom stereocenters. The van der Waals surface area contributed by atoms with Crippen LogP contribution in [0.25, 0.3) is 0 Å². The van der Waals surface area contributed by atoms with Gasteiger partial charge in [0.25, 0.3) is 0 Å². The second-order valence-electron chi connectivity index (χ2n) is 5.47. The third-order valence-corrected chi connectivity index (χ3v) is 3.50. The van der Waals surface area contributed by atoms with Crippen LogP contribution < -0.4 is 5.32 Å². The van der Waals surface area contributed by atoms with Crippen molar-refractivity contribution in [3.8, 4) is 0 Å². The second kappa shape index (κ2) is 6.41. The Balaban J connectivity index is 4.99. The number of amides is 2. The Morgan fingerprint density at radius 1 is 1.16 bits per heavy atom. The molecule has 5 heteroatoms. The Hall–Kier alpha value is -1.78. The molecule has 0 aliphatic carbocycles. The molecule has 0 aromatic carbocycles. The largest absolute Gasteiger partial charge is 0.481 e. The fourth-order valence-electron chi connectivity index (χ4n) is 1.32. The molecule has 0 heterocycles. The summed E-state index contributed by atoms with van der Waals surface area (Å²) in [5.41, 5.74) is -1.98. The van der Waals surface area contributed by atoms with Gasteiger partial charge in [0.1, 0.15) is 0 Å². The molecule has 0 aliphatic heterocycles. The molecule has 108 valence electrons. The second-order valence-corrected chi connectivity index (χ2v) is 5.47. The van der Waals surface area contributed by atoms with Crippen LogP contribution in [0.3, 0.4) is 0 Å². The molecule has 0 unspecified atom stereocenters. The van der Waals surface area contributed by atoms with Crippen molar-refractivity contribution < 1.29 is 14.7 Å². The molecule has 0 saturated carbocycles. The molecule has 0 aliphatic rings. The smallest absolute Gasteiger partial charge is 0.318 e. The summed E-state index contributed by atoms with van der Waals surface area (Å²) in [5.74, 6) is -0.961. The van der Waals surface area contributed by atoms with E-state index in [0.717, 1.165) is 0 Å². The van der Waals surface area contributed by atoms with E-state index in [1.54, 1.807) is 39.8 Å². The lowest BCUT2D eigenvalue weighted by atomic mass is 9.74. The minimum atomic E-state index is -1.09. The van der Waals surface area contributed by atoms with Crippen LogP contribution >= 0.6 is 0 Å². The molecular weight excluding hydrogens is 244 g/mol. The van der Waals surface area contributed by atoms with Crippen molar-refractivity contribution in [1.29, 1.82) is 0 Å². The van der Waals surface area contributed by atoms with Crippen LogP contribution in [0.5, 0.6) is 0 Å². The van der Waals surface area contributed by atoms with E-state index in [0.29, 0.717) is 13.1 Å². The zero-order valence-electron chi connectivity index (χ0n) is 12.2. The third kappa shape index (κ3) is 4.12. The highest BCUT2D eigenvalue weighted by atomic mass is 16.4. The molecule has 19 heavy (non-hydrogen) atoms. The van der Waals surface area contributed by atoms with E-state index in [1.165, 1.54) is 4.90 Å². The molecule has 0 radical (unpaired) electrons. The number of aliphatic carboxylic acids is 1. The molecule has 2 amide bonds. The summed E-state index contributed by atoms with van der Waals surface area (Å²) in [4.78, 5) is 24.9. The summed E-state index contributed by atoms with van der Waals surface area (Å²) < 4.78 is 0. The monoisotopic (exact) mass is 268 g/mol. The predicted molar refractivity (Wildman–Crippen MR) is 76.0 cm³/mol. The van der Waals surface area contributed by atoms with Gasteiger partial charge < -0.3 is 15.3 Å². The van der Waals surface area contributed by atoms with E-state index >= 15 is 0 Å². The minimum Gasteiger partial charge on any atom is -0.481 e. The van der Waals surface area contributed by atoms with Crippen molar-refractivity contribution in [3.63, 3.8) is 0 Å². The lowest BCUT2D eigenvalue weighted by Crippen LogP contribution is -2.59. The zero-order valence-corrected chi connectivity index (χ0v) is 12.2. The molecular formula is C14H24N2O3. The van der Waals surface area contributed by atoms with E-state index in [4.69, 9.17) is 0 Å². The fraction of sp³-hybridized carbons (Fsp3) is 0.571. The van der Waals surface area contributed by atoms with Crippen LogP contribution in [0.1, 0.15) is 27.7 Å². The molecule has 0 aromatic rings. The summed E-state index contributed by atoms with van der Waals surface area (Å²) in [5, 5.41) is 12.0. The molecule has 0 aromatic heterocycles. The molecule has 2 N–H and O–H groups in total. The average molecular weight is 268 g/mol. The molecule has 0 saturated heterocycles. The van der Waals surface area contributed by atoms with Crippen molar-refractivity contribution in [1.82, 2.24) is 10.2 Å². The Morgan fingerprint density at radius 3 is 1.89 bits per heavy atom. The summed E-state index contributed by atoms with van der Waals surface area (Å²) in [6, 6.07) is -0.334. The van der Waals surface area contributed by atoms with Crippen LogP contribution in [-0.4, -0.2) is 40.6 Å². The van der Waals surface area contributed by atoms with Crippen LogP contribution in [0.4, 0.5) is 4.79 Å². The number of carboxylic acid groups (broad SMARTS) is 1. The Morgan fingerprint density at radius 2 is 1.58 bits per heavy atom. The standard InChI is InChI=1S/C14H24N2O3/c1-7-9-16(10-8-2)12(19)15-14(5,6)13(3,4)11(17)18/h7-8H,1-2,9-10H2,3-6H3,(H,15,19)(H,17,18). The number of urea groups is 1. The first-order valence-electron chi connectivity index (χ1n) is 6.12. The van der Waals surface area contributed by atoms with Crippen molar-refractivity contribution in [2.24, 2.45) is 5.41 Å². The minimum absolute atomic E-state index is 0.334. The lowest BCUT2D eigenvalue weighted by Gasteiger charge is -2.40. The van der Waals surface area contributed by atoms with Crippen molar-refractivity contribution in [2.75, 3.05) is 13.1 Å². The normalized spacial score (nSPS) is 11.6. The van der Waals surface area contributed by atoms with Crippen molar-refractivity contribution >= 4 is 12.0 Å². The quantitative estimate of drug-likeness (QED) is 0.696. The topological polar surface area (TPSA) is 69.6 Å². The number of rotatable bonds is 7. The third-order valence-electron chi connectivity index (χ3n) is 3.50. The number of carbonyl (C=O) groups is 2. The molecule has 0 fully saturated rings. The maximum Gasteiger partial charge on any atom is 0.318 e. The Labute approximate surface area is 115 Å². The van der Waals surface area contributed by atoms with Gasteiger partial charge in [-0.05, 0) is 27.7 Å². The number of carbonyl (C=O) groups excluding carboxylic acids is 1. The van der Waals surface area contributed by atoms with Gasteiger partial charge in [-0.15, -0.1) is 13.2 Å². The number of nitrogens with zero attached hydrogens (tertiary/aromatic N) is 1. The lowest BCUT2D eigenvalue weighted by molar-refractivity contribution is -0.150. The van der Waals surface area contributed by atoms with Gasteiger partial charge in [0, 0.05) is 13.1 Å². The van der Waals surface area contributed by atoms with Gasteiger partial charge >= 0.3 is 12.0 Å². The van der Waals surface area contributed by atoms with Crippen LogP contribution in [-0.2, 0) is 4.79 Å². The van der Waals surface area contributed by atoms with Crippen molar-refractivity contribution in [3.05, 3.63) is 25.3 Å². The van der Waals surface area contributed by atoms with E-state index in [9.17, 15) is 14.7 Å². The highest BCUT2D eigenvalue weighted by Gasteiger charge is 2.44. The maximum atomic E-state index is 12.1. The van der Waals surface area contributed by atoms with E-state index < -0.39 is 16.9 Å². The van der Waals surface area contributed by atoms with Gasteiger partial charge in [-0.3, -0.25) is 4.79 Å². The molecule has 5 nitrogen and oxygen atoms in total. The van der Waals surface area contributed by atoms with Crippen LogP contribution in [0, 0.1) is 5.41 Å². The van der Waals surface area contributed by atoms with E-state index in [1.807, 2.05) is 0 Å². The van der Waals surface area contributed by atoms with Gasteiger partial charge in [-0.2, -0.15) is 0 Å². The first-order chi connectivity index (χ1) is 8.60. The zero-order chi connectivity index (χ0) is 15.3. The van der Waals surface area contributed by atoms with Gasteiger partial charge in [-0.1, -0.05) is 12.2 Å². The summed E-state index contributed by atoms with van der Waals surface area (Å²) in [6.07, 6.45) is 3.22. The average Bonchev–Trinajstić information content (AvgIpc) is 2.27. The maximum absolute atomic E-state index is 12.1. The van der Waals surface area contributed by atoms with Gasteiger partial charge in [0.2, 0.25) is 0 Å². The SMILES string of the molecule is C=CCN(CC=C)C(=O)NC(C)(C)C(C)(C)C(=O)O. The van der Waals surface area contributed by atoms with Gasteiger partial charge in [0.15, 0.2) is 0 Å². The first-order valence-corrected chi connectivity index (χ1v) is 6.12. The summed E-state index contributed by atoms with van der Waals surface area (Å²) >= 11 is 0. The molecule has 0 bridgehead atoms. The molecule has 0 spiro atoms. The van der Waals surface area contributed by atoms with Crippen LogP contribution in [0.15, 0.2) is 25.3 Å². The fourth-order valence-corrected chi connectivity index (χ4v) is 1.32. The van der Waals surface area contributed by atoms with E-state index in [-0.39, 0.29) is 6.03 Å². The Bertz CT molecular complexity index is 363. The number of nitrogens with one attached hydrogen (secondary N) is 1. The van der Waals surface area contributed by atoms with Crippen LogP contribution in [0.2, 0.25) is 0 Å². The Kier molecular flexibility index (Phi) is 5.81. The number of hydrogen-bond acceptors (Lipinski definition) is 2. The van der Waals surface area contributed by atoms with Gasteiger partial charge in [-0.25, -0.2) is 4.79 Å². The first kappa shape index (κ1) is 17.2. The predicted octanol–water partition coefficient (Wildman–Crippen LogP) is 2.26. The van der Waals surface area contributed by atoms with Gasteiger partial charge in [0.05, 0.1) is 11.0 Å². The highest BCUT2D eigenvalue weighted by Crippen LogP contribution is 2.30. The molecule has 0 rings (SSSR count). The number of hydrogen-bond donors (Lipinski definition) is 2.